The standard InChI is InChI=1S/C18H15F3N4O3/c1-10-6-14(10)27-16(26)13-7-22-25(9-13)8-11-2-4-12(5-3-11)15-23-17(28-24-15)18(19,20)21/h2-5,7,9-10,14H,6,8H2,1H3. The van der Waals surface area contributed by atoms with E-state index in [2.05, 4.69) is 19.8 Å². The molecular weight excluding hydrogens is 377 g/mol. The average Bonchev–Trinajstić information content (AvgIpc) is 3.09. The highest BCUT2D eigenvalue weighted by Crippen LogP contribution is 2.33. The van der Waals surface area contributed by atoms with E-state index in [1.807, 2.05) is 6.92 Å². The lowest BCUT2D eigenvalue weighted by Crippen LogP contribution is -2.07. The van der Waals surface area contributed by atoms with Crippen LogP contribution in [0.3, 0.4) is 0 Å². The number of halogens is 3. The first-order valence-corrected chi connectivity index (χ1v) is 8.53. The second-order valence-electron chi connectivity index (χ2n) is 6.70. The topological polar surface area (TPSA) is 83.0 Å². The maximum absolute atomic E-state index is 12.5. The van der Waals surface area contributed by atoms with E-state index in [-0.39, 0.29) is 11.9 Å². The first-order valence-electron chi connectivity index (χ1n) is 8.53. The van der Waals surface area contributed by atoms with Crippen molar-refractivity contribution in [1.29, 1.82) is 0 Å². The Labute approximate surface area is 157 Å². The lowest BCUT2D eigenvalue weighted by molar-refractivity contribution is -0.159. The molecule has 10 heteroatoms. The van der Waals surface area contributed by atoms with Gasteiger partial charge < -0.3 is 9.26 Å². The fourth-order valence-electron chi connectivity index (χ4n) is 2.62. The summed E-state index contributed by atoms with van der Waals surface area (Å²) < 4.78 is 48.7. The monoisotopic (exact) mass is 392 g/mol. The van der Waals surface area contributed by atoms with Gasteiger partial charge in [-0.15, -0.1) is 0 Å². The van der Waals surface area contributed by atoms with Crippen molar-refractivity contribution in [3.8, 4) is 11.4 Å². The number of hydrogen-bond donors (Lipinski definition) is 0. The van der Waals surface area contributed by atoms with Crippen LogP contribution in [0, 0.1) is 5.92 Å². The number of ether oxygens (including phenoxy) is 1. The number of aromatic nitrogens is 4. The Morgan fingerprint density at radius 3 is 2.64 bits per heavy atom. The molecule has 7 nitrogen and oxygen atoms in total. The van der Waals surface area contributed by atoms with Gasteiger partial charge in [0.1, 0.15) is 6.10 Å². The van der Waals surface area contributed by atoms with E-state index in [1.165, 1.54) is 6.20 Å². The van der Waals surface area contributed by atoms with Crippen molar-refractivity contribution in [3.63, 3.8) is 0 Å². The summed E-state index contributed by atoms with van der Waals surface area (Å²) >= 11 is 0. The number of esters is 1. The molecule has 0 N–H and O–H groups in total. The normalized spacial score (nSPS) is 18.9. The highest BCUT2D eigenvalue weighted by Gasteiger charge is 2.38. The molecule has 0 spiro atoms. The predicted octanol–water partition coefficient (Wildman–Crippen LogP) is 3.57. The minimum atomic E-state index is -4.68. The number of benzene rings is 1. The highest BCUT2D eigenvalue weighted by molar-refractivity contribution is 5.89. The minimum Gasteiger partial charge on any atom is -0.458 e. The van der Waals surface area contributed by atoms with Crippen LogP contribution in [0.15, 0.2) is 41.2 Å². The van der Waals surface area contributed by atoms with Gasteiger partial charge in [-0.25, -0.2) is 4.79 Å². The van der Waals surface area contributed by atoms with Gasteiger partial charge in [0.15, 0.2) is 0 Å². The van der Waals surface area contributed by atoms with E-state index < -0.39 is 18.0 Å². The van der Waals surface area contributed by atoms with Gasteiger partial charge in [-0.2, -0.15) is 23.3 Å². The summed E-state index contributed by atoms with van der Waals surface area (Å²) in [6.45, 7) is 2.40. The van der Waals surface area contributed by atoms with Crippen molar-refractivity contribution in [2.75, 3.05) is 0 Å². The van der Waals surface area contributed by atoms with Crippen molar-refractivity contribution in [3.05, 3.63) is 53.7 Å². The molecule has 1 aliphatic rings. The third-order valence-corrected chi connectivity index (χ3v) is 4.39. The fourth-order valence-corrected chi connectivity index (χ4v) is 2.62. The average molecular weight is 392 g/mol. The fraction of sp³-hybridized carbons (Fsp3) is 0.333. The Bertz CT molecular complexity index is 994. The molecule has 0 saturated heterocycles. The van der Waals surface area contributed by atoms with Crippen LogP contribution in [0.5, 0.6) is 0 Å². The zero-order valence-electron chi connectivity index (χ0n) is 14.7. The SMILES string of the molecule is CC1CC1OC(=O)c1cnn(Cc2ccc(-c3noc(C(F)(F)F)n3)cc2)c1. The van der Waals surface area contributed by atoms with Gasteiger partial charge in [0.25, 0.3) is 0 Å². The predicted molar refractivity (Wildman–Crippen MR) is 89.0 cm³/mol. The second-order valence-corrected chi connectivity index (χ2v) is 6.70. The summed E-state index contributed by atoms with van der Waals surface area (Å²) in [5.74, 6) is -1.52. The number of carbonyl (C=O) groups excluding carboxylic acids is 1. The van der Waals surface area contributed by atoms with E-state index in [0.29, 0.717) is 23.6 Å². The molecule has 2 atom stereocenters. The number of nitrogens with zero attached hydrogens (tertiary/aromatic N) is 4. The van der Waals surface area contributed by atoms with Crippen molar-refractivity contribution in [2.45, 2.75) is 32.2 Å². The lowest BCUT2D eigenvalue weighted by atomic mass is 10.1. The smallest absolute Gasteiger partial charge is 0.458 e. The highest BCUT2D eigenvalue weighted by atomic mass is 19.4. The summed E-state index contributed by atoms with van der Waals surface area (Å²) in [5.41, 5.74) is 1.61. The van der Waals surface area contributed by atoms with Crippen LogP contribution < -0.4 is 0 Å². The van der Waals surface area contributed by atoms with Crippen LogP contribution in [-0.4, -0.2) is 32.0 Å². The molecule has 1 aromatic carbocycles. The molecule has 2 unspecified atom stereocenters. The summed E-state index contributed by atoms with van der Waals surface area (Å²) in [4.78, 5) is 15.4. The van der Waals surface area contributed by atoms with Crippen molar-refractivity contribution >= 4 is 5.97 Å². The van der Waals surface area contributed by atoms with E-state index in [1.54, 1.807) is 35.1 Å². The first kappa shape index (κ1) is 18.2. The maximum Gasteiger partial charge on any atom is 0.471 e. The summed E-state index contributed by atoms with van der Waals surface area (Å²) in [7, 11) is 0. The molecule has 0 aliphatic heterocycles. The Morgan fingerprint density at radius 2 is 2.04 bits per heavy atom. The van der Waals surface area contributed by atoms with E-state index in [9.17, 15) is 18.0 Å². The quantitative estimate of drug-likeness (QED) is 0.618. The molecule has 0 radical (unpaired) electrons. The van der Waals surface area contributed by atoms with Crippen molar-refractivity contribution in [2.24, 2.45) is 5.92 Å². The number of hydrogen-bond acceptors (Lipinski definition) is 6. The second kappa shape index (κ2) is 6.77. The molecular formula is C18H15F3N4O3. The van der Waals surface area contributed by atoms with Crippen LogP contribution in [0.4, 0.5) is 13.2 Å². The third kappa shape index (κ3) is 3.90. The molecule has 4 rings (SSSR count). The molecule has 0 bridgehead atoms. The van der Waals surface area contributed by atoms with Gasteiger partial charge in [0, 0.05) is 11.8 Å². The van der Waals surface area contributed by atoms with Crippen molar-refractivity contribution < 1.29 is 27.2 Å². The van der Waals surface area contributed by atoms with Crippen LogP contribution in [0.25, 0.3) is 11.4 Å². The van der Waals surface area contributed by atoms with E-state index in [0.717, 1.165) is 12.0 Å². The van der Waals surface area contributed by atoms with Gasteiger partial charge in [-0.05, 0) is 17.9 Å². The number of alkyl halides is 3. The summed E-state index contributed by atoms with van der Waals surface area (Å²) in [5, 5.41) is 7.49. The molecule has 2 heterocycles. The maximum atomic E-state index is 12.5. The van der Waals surface area contributed by atoms with Crippen LogP contribution in [-0.2, 0) is 17.5 Å². The summed E-state index contributed by atoms with van der Waals surface area (Å²) in [6, 6.07) is 6.61. The Balaban J connectivity index is 1.41. The van der Waals surface area contributed by atoms with Crippen molar-refractivity contribution in [1.82, 2.24) is 19.9 Å². The third-order valence-electron chi connectivity index (χ3n) is 4.39. The molecule has 28 heavy (non-hydrogen) atoms. The molecule has 1 aliphatic carbocycles. The van der Waals surface area contributed by atoms with Gasteiger partial charge in [-0.3, -0.25) is 4.68 Å². The minimum absolute atomic E-state index is 0.00797. The molecule has 146 valence electrons. The Hall–Kier alpha value is -3.17. The number of carbonyl (C=O) groups is 1. The first-order chi connectivity index (χ1) is 13.3. The van der Waals surface area contributed by atoms with Gasteiger partial charge in [-0.1, -0.05) is 36.3 Å². The zero-order chi connectivity index (χ0) is 19.9. The molecule has 1 fully saturated rings. The van der Waals surface area contributed by atoms with Crippen LogP contribution >= 0.6 is 0 Å². The molecule has 3 aromatic rings. The Morgan fingerprint density at radius 1 is 1.32 bits per heavy atom. The van der Waals surface area contributed by atoms with Crippen LogP contribution in [0.2, 0.25) is 0 Å². The Kier molecular flexibility index (Phi) is 4.40. The lowest BCUT2D eigenvalue weighted by Gasteiger charge is -2.03. The molecule has 1 saturated carbocycles. The van der Waals surface area contributed by atoms with E-state index in [4.69, 9.17) is 4.74 Å². The number of rotatable bonds is 5. The summed E-state index contributed by atoms with van der Waals surface area (Å²) in [6.07, 6.45) is -0.759. The molecule has 2 aromatic heterocycles. The zero-order valence-corrected chi connectivity index (χ0v) is 14.7. The van der Waals surface area contributed by atoms with Gasteiger partial charge in [0.2, 0.25) is 5.82 Å². The van der Waals surface area contributed by atoms with E-state index >= 15 is 0 Å². The molecule has 0 amide bonds. The van der Waals surface area contributed by atoms with Gasteiger partial charge in [0.05, 0.1) is 18.3 Å². The van der Waals surface area contributed by atoms with Crippen LogP contribution in [0.1, 0.15) is 35.2 Å². The van der Waals surface area contributed by atoms with Gasteiger partial charge >= 0.3 is 18.0 Å². The largest absolute Gasteiger partial charge is 0.471 e.